The van der Waals surface area contributed by atoms with Gasteiger partial charge >= 0.3 is 0 Å². The quantitative estimate of drug-likeness (QED) is 0.416. The van der Waals surface area contributed by atoms with Crippen LogP contribution in [0.1, 0.15) is 29.3 Å². The van der Waals surface area contributed by atoms with Gasteiger partial charge in [0.05, 0.1) is 45.2 Å². The Morgan fingerprint density at radius 2 is 1.84 bits per heavy atom. The SMILES string of the molecule is CCCOc1ccc2nc(OC)c(/C=N/NC(=O)c3ccc(OC)c(OC)c3)cc2c1. The maximum atomic E-state index is 12.4. The Hall–Kier alpha value is -3.81. The van der Waals surface area contributed by atoms with Gasteiger partial charge < -0.3 is 18.9 Å². The van der Waals surface area contributed by atoms with Crippen LogP contribution in [-0.4, -0.2) is 45.0 Å². The molecule has 0 unspecified atom stereocenters. The van der Waals surface area contributed by atoms with Gasteiger partial charge in [-0.2, -0.15) is 5.10 Å². The van der Waals surface area contributed by atoms with Gasteiger partial charge in [-0.15, -0.1) is 0 Å². The molecule has 0 saturated carbocycles. The van der Waals surface area contributed by atoms with Crippen molar-refractivity contribution in [2.24, 2.45) is 5.10 Å². The number of carbonyl (C=O) groups is 1. The summed E-state index contributed by atoms with van der Waals surface area (Å²) in [6.07, 6.45) is 2.42. The fourth-order valence-corrected chi connectivity index (χ4v) is 2.92. The summed E-state index contributed by atoms with van der Waals surface area (Å²) in [4.78, 5) is 16.9. The van der Waals surface area contributed by atoms with Crippen LogP contribution in [0.3, 0.4) is 0 Å². The molecule has 3 rings (SSSR count). The lowest BCUT2D eigenvalue weighted by Gasteiger charge is -2.09. The monoisotopic (exact) mass is 423 g/mol. The van der Waals surface area contributed by atoms with Crippen molar-refractivity contribution in [1.29, 1.82) is 0 Å². The van der Waals surface area contributed by atoms with Crippen LogP contribution >= 0.6 is 0 Å². The number of amides is 1. The summed E-state index contributed by atoms with van der Waals surface area (Å²) in [5.41, 5.74) is 4.28. The van der Waals surface area contributed by atoms with Gasteiger partial charge in [-0.3, -0.25) is 4.79 Å². The number of nitrogens with one attached hydrogen (secondary N) is 1. The Morgan fingerprint density at radius 3 is 2.55 bits per heavy atom. The summed E-state index contributed by atoms with van der Waals surface area (Å²) in [5.74, 6) is 1.78. The van der Waals surface area contributed by atoms with E-state index < -0.39 is 0 Å². The van der Waals surface area contributed by atoms with Gasteiger partial charge in [0.25, 0.3) is 5.91 Å². The van der Waals surface area contributed by atoms with Crippen molar-refractivity contribution in [1.82, 2.24) is 10.4 Å². The molecule has 1 amide bonds. The number of fused-ring (bicyclic) bond motifs is 1. The molecule has 0 fully saturated rings. The number of benzene rings is 2. The highest BCUT2D eigenvalue weighted by Gasteiger charge is 2.11. The van der Waals surface area contributed by atoms with Crippen LogP contribution < -0.4 is 24.4 Å². The molecule has 0 aliphatic heterocycles. The van der Waals surface area contributed by atoms with E-state index in [1.54, 1.807) is 18.2 Å². The molecule has 1 N–H and O–H groups in total. The summed E-state index contributed by atoms with van der Waals surface area (Å²) in [5, 5.41) is 4.93. The van der Waals surface area contributed by atoms with Crippen LogP contribution in [0, 0.1) is 0 Å². The zero-order chi connectivity index (χ0) is 22.2. The number of hydrazone groups is 1. The first-order valence-corrected chi connectivity index (χ1v) is 9.76. The number of methoxy groups -OCH3 is 3. The number of aromatic nitrogens is 1. The van der Waals surface area contributed by atoms with Crippen molar-refractivity contribution < 1.29 is 23.7 Å². The number of carbonyl (C=O) groups excluding carboxylic acids is 1. The van der Waals surface area contributed by atoms with Crippen molar-refractivity contribution >= 4 is 23.0 Å². The predicted molar refractivity (Wildman–Crippen MR) is 119 cm³/mol. The first-order valence-electron chi connectivity index (χ1n) is 9.76. The molecule has 0 aliphatic rings. The Labute approximate surface area is 180 Å². The molecule has 1 heterocycles. The topological polar surface area (TPSA) is 91.3 Å². The number of ether oxygens (including phenoxy) is 4. The minimum Gasteiger partial charge on any atom is -0.494 e. The Morgan fingerprint density at radius 1 is 1.03 bits per heavy atom. The molecular formula is C23H25N3O5. The molecule has 3 aromatic rings. The highest BCUT2D eigenvalue weighted by molar-refractivity contribution is 5.96. The highest BCUT2D eigenvalue weighted by atomic mass is 16.5. The average Bonchev–Trinajstić information content (AvgIpc) is 2.81. The van der Waals surface area contributed by atoms with Gasteiger partial charge in [-0.1, -0.05) is 6.92 Å². The van der Waals surface area contributed by atoms with E-state index in [0.29, 0.717) is 35.1 Å². The normalized spacial score (nSPS) is 10.8. The maximum Gasteiger partial charge on any atom is 0.271 e. The van der Waals surface area contributed by atoms with Crippen LogP contribution in [0.5, 0.6) is 23.1 Å². The van der Waals surface area contributed by atoms with Crippen LogP contribution in [0.2, 0.25) is 0 Å². The van der Waals surface area contributed by atoms with E-state index in [9.17, 15) is 4.79 Å². The molecule has 0 aliphatic carbocycles. The van der Waals surface area contributed by atoms with Gasteiger partial charge in [-0.05, 0) is 48.9 Å². The first kappa shape index (κ1) is 21.9. The highest BCUT2D eigenvalue weighted by Crippen LogP contribution is 2.27. The van der Waals surface area contributed by atoms with Gasteiger partial charge in [-0.25, -0.2) is 10.4 Å². The van der Waals surface area contributed by atoms with Crippen molar-refractivity contribution in [3.8, 4) is 23.1 Å². The summed E-state index contributed by atoms with van der Waals surface area (Å²) in [6.45, 7) is 2.70. The lowest BCUT2D eigenvalue weighted by molar-refractivity contribution is 0.0954. The summed E-state index contributed by atoms with van der Waals surface area (Å²) in [7, 11) is 4.58. The third-order valence-electron chi connectivity index (χ3n) is 4.46. The largest absolute Gasteiger partial charge is 0.494 e. The van der Waals surface area contributed by atoms with Gasteiger partial charge in [0.2, 0.25) is 5.88 Å². The first-order chi connectivity index (χ1) is 15.1. The Kier molecular flexibility index (Phi) is 7.26. The predicted octanol–water partition coefficient (Wildman–Crippen LogP) is 3.81. The fourth-order valence-electron chi connectivity index (χ4n) is 2.92. The summed E-state index contributed by atoms with van der Waals surface area (Å²) >= 11 is 0. The van der Waals surface area contributed by atoms with E-state index in [0.717, 1.165) is 23.1 Å². The minimum absolute atomic E-state index is 0.385. The Bertz CT molecular complexity index is 1100. The second kappa shape index (κ2) is 10.3. The van der Waals surface area contributed by atoms with Gasteiger partial charge in [0.1, 0.15) is 5.75 Å². The standard InChI is InChI=1S/C23H25N3O5/c1-5-10-31-18-7-8-19-16(12-18)11-17(23(25-19)30-4)14-24-26-22(27)15-6-9-20(28-2)21(13-15)29-3/h6-9,11-14H,5,10H2,1-4H3,(H,26,27)/b24-14+. The molecule has 0 radical (unpaired) electrons. The van der Waals surface area contributed by atoms with E-state index >= 15 is 0 Å². The molecule has 2 aromatic carbocycles. The molecule has 8 nitrogen and oxygen atoms in total. The molecule has 0 bridgehead atoms. The lowest BCUT2D eigenvalue weighted by Crippen LogP contribution is -2.17. The molecule has 0 atom stereocenters. The zero-order valence-electron chi connectivity index (χ0n) is 18.0. The average molecular weight is 423 g/mol. The molecular weight excluding hydrogens is 398 g/mol. The third-order valence-corrected chi connectivity index (χ3v) is 4.46. The molecule has 8 heteroatoms. The number of pyridine rings is 1. The van der Waals surface area contributed by atoms with E-state index in [-0.39, 0.29) is 5.91 Å². The number of hydrogen-bond acceptors (Lipinski definition) is 7. The Balaban J connectivity index is 1.80. The number of rotatable bonds is 9. The molecule has 0 saturated heterocycles. The second-order valence-corrected chi connectivity index (χ2v) is 6.56. The minimum atomic E-state index is -0.389. The fraction of sp³-hybridized carbons (Fsp3) is 0.261. The number of nitrogens with zero attached hydrogens (tertiary/aromatic N) is 2. The number of hydrogen-bond donors (Lipinski definition) is 1. The zero-order valence-corrected chi connectivity index (χ0v) is 18.0. The van der Waals surface area contributed by atoms with E-state index in [4.69, 9.17) is 18.9 Å². The third kappa shape index (κ3) is 5.22. The second-order valence-electron chi connectivity index (χ2n) is 6.56. The van der Waals surface area contributed by atoms with Crippen LogP contribution in [0.15, 0.2) is 47.6 Å². The van der Waals surface area contributed by atoms with E-state index in [1.165, 1.54) is 27.5 Å². The lowest BCUT2D eigenvalue weighted by atomic mass is 10.1. The molecule has 162 valence electrons. The van der Waals surface area contributed by atoms with Gasteiger partial charge in [0.15, 0.2) is 11.5 Å². The molecule has 0 spiro atoms. The van der Waals surface area contributed by atoms with Crippen molar-refractivity contribution in [3.05, 3.63) is 53.6 Å². The summed E-state index contributed by atoms with van der Waals surface area (Å²) in [6, 6.07) is 12.4. The van der Waals surface area contributed by atoms with Crippen molar-refractivity contribution in [2.45, 2.75) is 13.3 Å². The van der Waals surface area contributed by atoms with Crippen LogP contribution in [0.25, 0.3) is 10.9 Å². The molecule has 31 heavy (non-hydrogen) atoms. The van der Waals surface area contributed by atoms with Crippen LogP contribution in [0.4, 0.5) is 0 Å². The van der Waals surface area contributed by atoms with Crippen molar-refractivity contribution in [2.75, 3.05) is 27.9 Å². The van der Waals surface area contributed by atoms with Crippen molar-refractivity contribution in [3.63, 3.8) is 0 Å². The smallest absolute Gasteiger partial charge is 0.271 e. The van der Waals surface area contributed by atoms with Gasteiger partial charge in [0, 0.05) is 10.9 Å². The van der Waals surface area contributed by atoms with E-state index in [2.05, 4.69) is 22.4 Å². The maximum absolute atomic E-state index is 12.4. The van der Waals surface area contributed by atoms with E-state index in [1.807, 2.05) is 24.3 Å². The molecule has 1 aromatic heterocycles. The summed E-state index contributed by atoms with van der Waals surface area (Å²) < 4.78 is 21.5. The van der Waals surface area contributed by atoms with Crippen LogP contribution in [-0.2, 0) is 0 Å².